The lowest BCUT2D eigenvalue weighted by Gasteiger charge is -2.26. The number of nitriles is 1. The van der Waals surface area contributed by atoms with Crippen molar-refractivity contribution in [3.05, 3.63) is 66.2 Å². The van der Waals surface area contributed by atoms with Crippen LogP contribution in [0, 0.1) is 11.3 Å². The predicted molar refractivity (Wildman–Crippen MR) is 85.7 cm³/mol. The summed E-state index contributed by atoms with van der Waals surface area (Å²) in [5.74, 6) is 0. The van der Waals surface area contributed by atoms with E-state index in [1.165, 1.54) is 10.5 Å². The van der Waals surface area contributed by atoms with Crippen LogP contribution in [0.25, 0.3) is 0 Å². The van der Waals surface area contributed by atoms with Crippen molar-refractivity contribution < 1.29 is 0 Å². The molecule has 0 heterocycles. The van der Waals surface area contributed by atoms with Gasteiger partial charge in [0.25, 0.3) is 0 Å². The van der Waals surface area contributed by atoms with E-state index in [0.29, 0.717) is 6.42 Å². The SMILES string of the molecule is CC(CC#N)(CCc1ccccc1)Sc1ccccc1. The van der Waals surface area contributed by atoms with Crippen LogP contribution in [0.15, 0.2) is 65.6 Å². The molecule has 1 nitrogen and oxygen atoms in total. The van der Waals surface area contributed by atoms with Crippen LogP contribution in [0.3, 0.4) is 0 Å². The quantitative estimate of drug-likeness (QED) is 0.689. The van der Waals surface area contributed by atoms with Gasteiger partial charge in [-0.05, 0) is 37.5 Å². The van der Waals surface area contributed by atoms with Crippen molar-refractivity contribution in [3.8, 4) is 6.07 Å². The summed E-state index contributed by atoms with van der Waals surface area (Å²) in [4.78, 5) is 1.23. The summed E-state index contributed by atoms with van der Waals surface area (Å²) in [5, 5.41) is 9.11. The van der Waals surface area contributed by atoms with E-state index in [0.717, 1.165) is 12.8 Å². The van der Waals surface area contributed by atoms with E-state index in [1.54, 1.807) is 0 Å². The molecule has 0 spiro atoms. The lowest BCUT2D eigenvalue weighted by molar-refractivity contribution is 0.598. The third-order valence-corrected chi connectivity index (χ3v) is 4.69. The Hall–Kier alpha value is -1.72. The first-order valence-corrected chi connectivity index (χ1v) is 7.68. The van der Waals surface area contributed by atoms with Gasteiger partial charge in [-0.1, -0.05) is 48.5 Å². The third-order valence-electron chi connectivity index (χ3n) is 3.35. The minimum atomic E-state index is -0.0358. The van der Waals surface area contributed by atoms with Crippen LogP contribution < -0.4 is 0 Å². The summed E-state index contributed by atoms with van der Waals surface area (Å²) >= 11 is 1.81. The third kappa shape index (κ3) is 4.43. The van der Waals surface area contributed by atoms with Crippen molar-refractivity contribution in [3.63, 3.8) is 0 Å². The number of thioether (sulfide) groups is 1. The highest BCUT2D eigenvalue weighted by molar-refractivity contribution is 8.00. The van der Waals surface area contributed by atoms with Crippen LogP contribution in [-0.2, 0) is 6.42 Å². The average molecular weight is 281 g/mol. The summed E-state index contributed by atoms with van der Waals surface area (Å²) < 4.78 is -0.0358. The van der Waals surface area contributed by atoms with Gasteiger partial charge in [0.1, 0.15) is 0 Å². The fourth-order valence-corrected chi connectivity index (χ4v) is 3.37. The van der Waals surface area contributed by atoms with E-state index in [9.17, 15) is 0 Å². The topological polar surface area (TPSA) is 23.8 Å². The molecule has 102 valence electrons. The standard InChI is InChI=1S/C18H19NS/c1-18(14-15-19,20-17-10-6-3-7-11-17)13-12-16-8-4-2-5-9-16/h2-11H,12-14H2,1H3. The molecule has 0 aromatic heterocycles. The maximum Gasteiger partial charge on any atom is 0.0636 e. The molecule has 20 heavy (non-hydrogen) atoms. The van der Waals surface area contributed by atoms with Crippen molar-refractivity contribution in [1.82, 2.24) is 0 Å². The molecule has 0 fully saturated rings. The van der Waals surface area contributed by atoms with Crippen LogP contribution in [0.2, 0.25) is 0 Å². The molecule has 1 unspecified atom stereocenters. The Kier molecular flexibility index (Phi) is 5.26. The van der Waals surface area contributed by atoms with Gasteiger partial charge in [-0.15, -0.1) is 11.8 Å². The monoisotopic (exact) mass is 281 g/mol. The van der Waals surface area contributed by atoms with E-state index in [1.807, 2.05) is 36.0 Å². The van der Waals surface area contributed by atoms with Gasteiger partial charge in [-0.25, -0.2) is 0 Å². The molecule has 0 aliphatic carbocycles. The van der Waals surface area contributed by atoms with Crippen molar-refractivity contribution >= 4 is 11.8 Å². The fourth-order valence-electron chi connectivity index (χ4n) is 2.17. The van der Waals surface area contributed by atoms with Crippen LogP contribution >= 0.6 is 11.8 Å². The van der Waals surface area contributed by atoms with Crippen molar-refractivity contribution in [2.24, 2.45) is 0 Å². The Morgan fingerprint density at radius 3 is 2.20 bits per heavy atom. The van der Waals surface area contributed by atoms with Crippen LogP contribution in [0.4, 0.5) is 0 Å². The van der Waals surface area contributed by atoms with Crippen molar-refractivity contribution in [2.75, 3.05) is 0 Å². The summed E-state index contributed by atoms with van der Waals surface area (Å²) in [6.45, 7) is 2.19. The Balaban J connectivity index is 2.03. The first-order chi connectivity index (χ1) is 9.72. The summed E-state index contributed by atoms with van der Waals surface area (Å²) in [7, 11) is 0. The van der Waals surface area contributed by atoms with Gasteiger partial charge in [-0.2, -0.15) is 5.26 Å². The Labute approximate surface area is 125 Å². The number of hydrogen-bond acceptors (Lipinski definition) is 2. The number of rotatable bonds is 6. The summed E-state index contributed by atoms with van der Waals surface area (Å²) in [5.41, 5.74) is 1.34. The van der Waals surface area contributed by atoms with E-state index in [-0.39, 0.29) is 4.75 Å². The second-order valence-corrected chi connectivity index (χ2v) is 6.85. The highest BCUT2D eigenvalue weighted by Gasteiger charge is 2.25. The normalized spacial score (nSPS) is 13.4. The molecule has 0 radical (unpaired) electrons. The number of aryl methyl sites for hydroxylation is 1. The molecule has 0 aliphatic heterocycles. The average Bonchev–Trinajstić information content (AvgIpc) is 2.48. The molecule has 0 N–H and O–H groups in total. The number of hydrogen-bond donors (Lipinski definition) is 0. The molecule has 2 heteroatoms. The smallest absolute Gasteiger partial charge is 0.0636 e. The zero-order valence-corrected chi connectivity index (χ0v) is 12.6. The minimum absolute atomic E-state index is 0.0358. The molecule has 2 rings (SSSR count). The number of nitrogens with zero attached hydrogens (tertiary/aromatic N) is 1. The molecule has 0 aliphatic rings. The number of benzene rings is 2. The lowest BCUT2D eigenvalue weighted by atomic mass is 9.98. The minimum Gasteiger partial charge on any atom is -0.198 e. The molecule has 0 amide bonds. The summed E-state index contributed by atoms with van der Waals surface area (Å²) in [6, 6.07) is 23.2. The van der Waals surface area contributed by atoms with Gasteiger partial charge in [0.2, 0.25) is 0 Å². The van der Waals surface area contributed by atoms with Crippen LogP contribution in [0.1, 0.15) is 25.3 Å². The first kappa shape index (κ1) is 14.7. The van der Waals surface area contributed by atoms with Gasteiger partial charge >= 0.3 is 0 Å². The van der Waals surface area contributed by atoms with Gasteiger partial charge in [0.05, 0.1) is 6.07 Å². The van der Waals surface area contributed by atoms with Crippen LogP contribution in [0.5, 0.6) is 0 Å². The van der Waals surface area contributed by atoms with Crippen molar-refractivity contribution in [1.29, 1.82) is 5.26 Å². The molecule has 0 bridgehead atoms. The van der Waals surface area contributed by atoms with Crippen LogP contribution in [-0.4, -0.2) is 4.75 Å². The van der Waals surface area contributed by atoms with E-state index >= 15 is 0 Å². The largest absolute Gasteiger partial charge is 0.198 e. The predicted octanol–water partition coefficient (Wildman–Crippen LogP) is 5.08. The molecular formula is C18H19NS. The second kappa shape index (κ2) is 7.17. The van der Waals surface area contributed by atoms with Gasteiger partial charge < -0.3 is 0 Å². The fraction of sp³-hybridized carbons (Fsp3) is 0.278. The zero-order chi connectivity index (χ0) is 14.3. The van der Waals surface area contributed by atoms with E-state index < -0.39 is 0 Å². The maximum atomic E-state index is 9.11. The Bertz CT molecular complexity index is 559. The zero-order valence-electron chi connectivity index (χ0n) is 11.8. The Morgan fingerprint density at radius 1 is 1.00 bits per heavy atom. The van der Waals surface area contributed by atoms with E-state index in [2.05, 4.69) is 49.4 Å². The first-order valence-electron chi connectivity index (χ1n) is 6.87. The molecular weight excluding hydrogens is 262 g/mol. The maximum absolute atomic E-state index is 9.11. The van der Waals surface area contributed by atoms with Gasteiger partial charge in [0.15, 0.2) is 0 Å². The lowest BCUT2D eigenvalue weighted by Crippen LogP contribution is -2.20. The second-order valence-electron chi connectivity index (χ2n) is 5.19. The van der Waals surface area contributed by atoms with E-state index in [4.69, 9.17) is 5.26 Å². The molecule has 1 atom stereocenters. The Morgan fingerprint density at radius 2 is 1.60 bits per heavy atom. The molecule has 0 saturated heterocycles. The highest BCUT2D eigenvalue weighted by Crippen LogP contribution is 2.38. The summed E-state index contributed by atoms with van der Waals surface area (Å²) in [6.07, 6.45) is 2.59. The molecule has 2 aromatic rings. The molecule has 2 aromatic carbocycles. The molecule has 0 saturated carbocycles. The van der Waals surface area contributed by atoms with Gasteiger partial charge in [-0.3, -0.25) is 0 Å². The highest BCUT2D eigenvalue weighted by atomic mass is 32.2. The van der Waals surface area contributed by atoms with Crippen molar-refractivity contribution in [2.45, 2.75) is 35.8 Å². The van der Waals surface area contributed by atoms with Gasteiger partial charge in [0, 0.05) is 16.1 Å².